The van der Waals surface area contributed by atoms with E-state index in [2.05, 4.69) is 34.5 Å². The van der Waals surface area contributed by atoms with Crippen molar-refractivity contribution in [1.29, 1.82) is 0 Å². The van der Waals surface area contributed by atoms with E-state index in [1.54, 1.807) is 12.1 Å². The second-order valence-electron chi connectivity index (χ2n) is 6.76. The number of carboxylic acids is 1. The minimum absolute atomic E-state index is 0.327. The summed E-state index contributed by atoms with van der Waals surface area (Å²) >= 11 is 0. The molecule has 25 heavy (non-hydrogen) atoms. The molecule has 4 nitrogen and oxygen atoms in total. The lowest BCUT2D eigenvalue weighted by Gasteiger charge is -2.26. The van der Waals surface area contributed by atoms with E-state index in [1.165, 1.54) is 43.5 Å². The minimum atomic E-state index is -0.885. The molecule has 0 bridgehead atoms. The molecule has 0 spiro atoms. The van der Waals surface area contributed by atoms with Gasteiger partial charge in [-0.05, 0) is 54.8 Å². The molecule has 0 aliphatic carbocycles. The molecular formula is C21H26N2O2. The van der Waals surface area contributed by atoms with E-state index < -0.39 is 5.97 Å². The summed E-state index contributed by atoms with van der Waals surface area (Å²) in [6.45, 7) is 5.05. The van der Waals surface area contributed by atoms with Gasteiger partial charge in [0, 0.05) is 19.6 Å². The molecule has 2 aromatic rings. The molecule has 0 unspecified atom stereocenters. The van der Waals surface area contributed by atoms with Crippen molar-refractivity contribution in [3.63, 3.8) is 0 Å². The molecule has 1 fully saturated rings. The normalized spacial score (nSPS) is 15.2. The van der Waals surface area contributed by atoms with Gasteiger partial charge in [0.2, 0.25) is 0 Å². The molecule has 2 N–H and O–H groups in total. The quantitative estimate of drug-likeness (QED) is 0.809. The highest BCUT2D eigenvalue weighted by Gasteiger charge is 2.10. The molecule has 0 radical (unpaired) electrons. The van der Waals surface area contributed by atoms with Gasteiger partial charge in [0.05, 0.1) is 5.56 Å². The van der Waals surface area contributed by atoms with Crippen LogP contribution in [0.3, 0.4) is 0 Å². The van der Waals surface area contributed by atoms with Crippen molar-refractivity contribution in [2.75, 3.05) is 13.1 Å². The van der Waals surface area contributed by atoms with Gasteiger partial charge >= 0.3 is 5.97 Å². The van der Waals surface area contributed by atoms with E-state index in [9.17, 15) is 4.79 Å². The Morgan fingerprint density at radius 1 is 0.840 bits per heavy atom. The molecule has 0 amide bonds. The highest BCUT2D eigenvalue weighted by Crippen LogP contribution is 2.13. The molecule has 0 atom stereocenters. The third kappa shape index (κ3) is 5.41. The Morgan fingerprint density at radius 2 is 1.36 bits per heavy atom. The number of likely N-dealkylation sites (tertiary alicyclic amines) is 1. The molecule has 3 rings (SSSR count). The summed E-state index contributed by atoms with van der Waals surface area (Å²) in [5.41, 5.74) is 4.07. The maximum Gasteiger partial charge on any atom is 0.335 e. The molecule has 2 aromatic carbocycles. The molecule has 132 valence electrons. The molecule has 0 saturated carbocycles. The van der Waals surface area contributed by atoms with Crippen molar-refractivity contribution in [3.05, 3.63) is 70.8 Å². The van der Waals surface area contributed by atoms with Crippen molar-refractivity contribution in [1.82, 2.24) is 10.2 Å². The SMILES string of the molecule is O=C(O)c1ccc(CNCc2ccc(CN3CCCCC3)cc2)cc1. The molecule has 4 heteroatoms. The summed E-state index contributed by atoms with van der Waals surface area (Å²) < 4.78 is 0. The minimum Gasteiger partial charge on any atom is -0.478 e. The third-order valence-corrected chi connectivity index (χ3v) is 4.74. The maximum atomic E-state index is 10.8. The van der Waals surface area contributed by atoms with Gasteiger partial charge in [-0.1, -0.05) is 42.8 Å². The molecule has 0 aromatic heterocycles. The predicted octanol–water partition coefficient (Wildman–Crippen LogP) is 3.66. The third-order valence-electron chi connectivity index (χ3n) is 4.74. The average molecular weight is 338 g/mol. The van der Waals surface area contributed by atoms with Crippen LogP contribution in [0.15, 0.2) is 48.5 Å². The number of hydrogen-bond donors (Lipinski definition) is 2. The molecule has 1 saturated heterocycles. The number of benzene rings is 2. The molecule has 1 aliphatic rings. The number of carbonyl (C=O) groups is 1. The van der Waals surface area contributed by atoms with Crippen LogP contribution in [0.5, 0.6) is 0 Å². The van der Waals surface area contributed by atoms with Crippen LogP contribution in [0, 0.1) is 0 Å². The Balaban J connectivity index is 1.44. The zero-order valence-corrected chi connectivity index (χ0v) is 14.6. The van der Waals surface area contributed by atoms with E-state index in [4.69, 9.17) is 5.11 Å². The second kappa shape index (κ2) is 8.79. The standard InChI is InChI=1S/C21H26N2O2/c24-21(25)20-10-8-18(9-11-20)15-22-14-17-4-6-19(7-5-17)16-23-12-2-1-3-13-23/h4-11,22H,1-3,12-16H2,(H,24,25). The van der Waals surface area contributed by atoms with E-state index in [-0.39, 0.29) is 0 Å². The Bertz CT molecular complexity index is 674. The maximum absolute atomic E-state index is 10.8. The van der Waals surface area contributed by atoms with Crippen LogP contribution < -0.4 is 5.32 Å². The first-order valence-electron chi connectivity index (χ1n) is 9.04. The van der Waals surface area contributed by atoms with Gasteiger partial charge in [-0.3, -0.25) is 4.90 Å². The predicted molar refractivity (Wildman–Crippen MR) is 99.5 cm³/mol. The Morgan fingerprint density at radius 3 is 1.92 bits per heavy atom. The molecule has 1 aliphatic heterocycles. The summed E-state index contributed by atoms with van der Waals surface area (Å²) in [6, 6.07) is 15.9. The Kier molecular flexibility index (Phi) is 6.20. The van der Waals surface area contributed by atoms with Crippen molar-refractivity contribution in [2.45, 2.75) is 38.9 Å². The summed E-state index contributed by atoms with van der Waals surface area (Å²) in [6.07, 6.45) is 4.03. The van der Waals surface area contributed by atoms with Crippen LogP contribution in [0.2, 0.25) is 0 Å². The zero-order chi connectivity index (χ0) is 17.5. The lowest BCUT2D eigenvalue weighted by atomic mass is 10.1. The Labute approximate surface area is 149 Å². The van der Waals surface area contributed by atoms with Gasteiger partial charge in [0.15, 0.2) is 0 Å². The van der Waals surface area contributed by atoms with Gasteiger partial charge in [-0.15, -0.1) is 0 Å². The molecule has 1 heterocycles. The number of aromatic carboxylic acids is 1. The van der Waals surface area contributed by atoms with Gasteiger partial charge < -0.3 is 10.4 Å². The Hall–Kier alpha value is -2.17. The number of piperidine rings is 1. The van der Waals surface area contributed by atoms with Gasteiger partial charge in [-0.2, -0.15) is 0 Å². The highest BCUT2D eigenvalue weighted by atomic mass is 16.4. The van der Waals surface area contributed by atoms with E-state index in [1.807, 2.05) is 12.1 Å². The second-order valence-corrected chi connectivity index (χ2v) is 6.76. The summed E-state index contributed by atoms with van der Waals surface area (Å²) in [5, 5.41) is 12.3. The van der Waals surface area contributed by atoms with Crippen LogP contribution in [-0.4, -0.2) is 29.1 Å². The first kappa shape index (κ1) is 17.6. The lowest BCUT2D eigenvalue weighted by Crippen LogP contribution is -2.29. The van der Waals surface area contributed by atoms with Crippen LogP contribution in [-0.2, 0) is 19.6 Å². The fourth-order valence-electron chi connectivity index (χ4n) is 3.25. The van der Waals surface area contributed by atoms with Crippen molar-refractivity contribution in [3.8, 4) is 0 Å². The largest absolute Gasteiger partial charge is 0.478 e. The number of carboxylic acid groups (broad SMARTS) is 1. The molecular weight excluding hydrogens is 312 g/mol. The van der Waals surface area contributed by atoms with Gasteiger partial charge in [-0.25, -0.2) is 4.79 Å². The van der Waals surface area contributed by atoms with Gasteiger partial charge in [0.1, 0.15) is 0 Å². The number of rotatable bonds is 7. The van der Waals surface area contributed by atoms with Gasteiger partial charge in [0.25, 0.3) is 0 Å². The summed E-state index contributed by atoms with van der Waals surface area (Å²) in [5.74, 6) is -0.885. The van der Waals surface area contributed by atoms with Crippen LogP contribution in [0.1, 0.15) is 46.3 Å². The first-order chi connectivity index (χ1) is 12.2. The summed E-state index contributed by atoms with van der Waals surface area (Å²) in [4.78, 5) is 13.4. The fraction of sp³-hybridized carbons (Fsp3) is 0.381. The van der Waals surface area contributed by atoms with Crippen molar-refractivity contribution >= 4 is 5.97 Å². The van der Waals surface area contributed by atoms with Crippen LogP contribution in [0.4, 0.5) is 0 Å². The smallest absolute Gasteiger partial charge is 0.335 e. The average Bonchev–Trinajstić information content (AvgIpc) is 2.64. The highest BCUT2D eigenvalue weighted by molar-refractivity contribution is 5.87. The number of hydrogen-bond acceptors (Lipinski definition) is 3. The fourth-order valence-corrected chi connectivity index (χ4v) is 3.25. The van der Waals surface area contributed by atoms with Crippen molar-refractivity contribution in [2.24, 2.45) is 0 Å². The van der Waals surface area contributed by atoms with E-state index in [0.29, 0.717) is 5.56 Å². The van der Waals surface area contributed by atoms with Crippen molar-refractivity contribution < 1.29 is 9.90 Å². The number of nitrogens with one attached hydrogen (secondary N) is 1. The first-order valence-corrected chi connectivity index (χ1v) is 9.04. The van der Waals surface area contributed by atoms with Crippen LogP contribution in [0.25, 0.3) is 0 Å². The summed E-state index contributed by atoms with van der Waals surface area (Å²) in [7, 11) is 0. The number of nitrogens with zero attached hydrogens (tertiary/aromatic N) is 1. The van der Waals surface area contributed by atoms with Crippen LogP contribution >= 0.6 is 0 Å². The monoisotopic (exact) mass is 338 g/mol. The zero-order valence-electron chi connectivity index (χ0n) is 14.6. The van der Waals surface area contributed by atoms with E-state index in [0.717, 1.165) is 25.2 Å². The topological polar surface area (TPSA) is 52.6 Å². The lowest BCUT2D eigenvalue weighted by molar-refractivity contribution is 0.0697. The van der Waals surface area contributed by atoms with E-state index >= 15 is 0 Å².